The molecule has 2 aromatic rings. The third kappa shape index (κ3) is 5.41. The van der Waals surface area contributed by atoms with E-state index in [-0.39, 0.29) is 22.5 Å². The molecule has 0 spiro atoms. The fourth-order valence-electron chi connectivity index (χ4n) is 2.61. The van der Waals surface area contributed by atoms with Crippen LogP contribution in [-0.4, -0.2) is 41.1 Å². The molecule has 0 bridgehead atoms. The van der Waals surface area contributed by atoms with Crippen molar-refractivity contribution in [2.45, 2.75) is 31.7 Å². The molecule has 2 rings (SSSR count). The van der Waals surface area contributed by atoms with Crippen LogP contribution in [0.25, 0.3) is 0 Å². The van der Waals surface area contributed by atoms with Crippen molar-refractivity contribution >= 4 is 21.6 Å². The second-order valence-corrected chi connectivity index (χ2v) is 8.83. The molecule has 0 saturated carbocycles. The van der Waals surface area contributed by atoms with Crippen LogP contribution in [0.3, 0.4) is 0 Å². The highest BCUT2D eigenvalue weighted by Crippen LogP contribution is 2.35. The smallest absolute Gasteiger partial charge is 0.264 e. The molecule has 0 radical (unpaired) electrons. The maximum Gasteiger partial charge on any atom is 0.264 e. The van der Waals surface area contributed by atoms with Gasteiger partial charge in [0.15, 0.2) is 0 Å². The van der Waals surface area contributed by atoms with Crippen LogP contribution < -0.4 is 19.1 Å². The van der Waals surface area contributed by atoms with Gasteiger partial charge >= 0.3 is 0 Å². The second kappa shape index (κ2) is 9.65. The van der Waals surface area contributed by atoms with Crippen molar-refractivity contribution in [2.75, 3.05) is 25.1 Å². The molecule has 0 aliphatic rings. The van der Waals surface area contributed by atoms with Gasteiger partial charge in [-0.15, -0.1) is 0 Å². The summed E-state index contributed by atoms with van der Waals surface area (Å²) in [4.78, 5) is 12.8. The average molecular weight is 421 g/mol. The van der Waals surface area contributed by atoms with Gasteiger partial charge in [0, 0.05) is 12.1 Å². The molecule has 29 heavy (non-hydrogen) atoms. The molecular formula is C21H28N2O5S. The quantitative estimate of drug-likeness (QED) is 0.674. The number of ether oxygens (including phenoxy) is 2. The van der Waals surface area contributed by atoms with E-state index in [1.807, 2.05) is 20.8 Å². The highest BCUT2D eigenvalue weighted by molar-refractivity contribution is 7.92. The minimum Gasteiger partial charge on any atom is -0.497 e. The average Bonchev–Trinajstić information content (AvgIpc) is 2.71. The fraction of sp³-hybridized carbons (Fsp3) is 0.381. The summed E-state index contributed by atoms with van der Waals surface area (Å²) >= 11 is 0. The number of nitrogens with one attached hydrogen (secondary N) is 1. The summed E-state index contributed by atoms with van der Waals surface area (Å²) in [5.41, 5.74) is 0.225. The van der Waals surface area contributed by atoms with Gasteiger partial charge in [0.1, 0.15) is 18.0 Å². The van der Waals surface area contributed by atoms with E-state index in [1.165, 1.54) is 26.4 Å². The van der Waals surface area contributed by atoms with Gasteiger partial charge in [0.2, 0.25) is 5.91 Å². The molecule has 0 fully saturated rings. The van der Waals surface area contributed by atoms with E-state index in [1.54, 1.807) is 36.4 Å². The minimum atomic E-state index is -4.03. The number of methoxy groups -OCH3 is 2. The van der Waals surface area contributed by atoms with Crippen LogP contribution in [0.4, 0.5) is 5.69 Å². The summed E-state index contributed by atoms with van der Waals surface area (Å²) in [6.07, 6.45) is 0. The van der Waals surface area contributed by atoms with Crippen molar-refractivity contribution in [2.24, 2.45) is 5.92 Å². The summed E-state index contributed by atoms with van der Waals surface area (Å²) in [7, 11) is -1.10. The first-order chi connectivity index (χ1) is 13.7. The van der Waals surface area contributed by atoms with Gasteiger partial charge in [0.25, 0.3) is 10.0 Å². The van der Waals surface area contributed by atoms with E-state index in [0.717, 1.165) is 4.31 Å². The molecule has 1 amide bonds. The Balaban J connectivity index is 2.54. The number of hydrogen-bond acceptors (Lipinski definition) is 5. The molecule has 0 aromatic heterocycles. The van der Waals surface area contributed by atoms with Crippen LogP contribution in [-0.2, 0) is 14.8 Å². The summed E-state index contributed by atoms with van der Waals surface area (Å²) < 4.78 is 38.5. The Morgan fingerprint density at radius 1 is 1.03 bits per heavy atom. The molecule has 1 N–H and O–H groups in total. The van der Waals surface area contributed by atoms with Crippen LogP contribution in [0.15, 0.2) is 53.4 Å². The predicted octanol–water partition coefficient (Wildman–Crippen LogP) is 3.06. The van der Waals surface area contributed by atoms with Gasteiger partial charge in [-0.2, -0.15) is 0 Å². The first kappa shape index (κ1) is 22.5. The molecule has 0 saturated heterocycles. The molecule has 158 valence electrons. The monoisotopic (exact) mass is 420 g/mol. The summed E-state index contributed by atoms with van der Waals surface area (Å²) in [5, 5.41) is 2.85. The second-order valence-electron chi connectivity index (χ2n) is 6.96. The molecule has 2 aromatic carbocycles. The van der Waals surface area contributed by atoms with Gasteiger partial charge in [-0.25, -0.2) is 8.42 Å². The third-order valence-corrected chi connectivity index (χ3v) is 6.44. The van der Waals surface area contributed by atoms with Crippen molar-refractivity contribution in [3.05, 3.63) is 48.5 Å². The number of amides is 1. The number of carbonyl (C=O) groups is 1. The fourth-order valence-corrected chi connectivity index (χ4v) is 4.05. The Kier molecular flexibility index (Phi) is 7.50. The van der Waals surface area contributed by atoms with Gasteiger partial charge in [-0.3, -0.25) is 9.10 Å². The summed E-state index contributed by atoms with van der Waals surface area (Å²) in [6.45, 7) is 5.45. The maximum absolute atomic E-state index is 13.4. The van der Waals surface area contributed by atoms with Crippen LogP contribution in [0, 0.1) is 5.92 Å². The molecule has 0 aliphatic heterocycles. The number of carbonyl (C=O) groups excluding carboxylic acids is 1. The number of rotatable bonds is 9. The number of sulfonamides is 1. The number of anilines is 1. The maximum atomic E-state index is 13.4. The van der Waals surface area contributed by atoms with Gasteiger partial charge in [0.05, 0.1) is 24.8 Å². The highest BCUT2D eigenvalue weighted by Gasteiger charge is 2.30. The molecule has 0 heterocycles. The Labute approximate surface area is 172 Å². The SMILES string of the molecule is COc1ccc(OC)c(N(CC(=O)NC(C)C(C)C)S(=O)(=O)c2ccccc2)c1. The standard InChI is InChI=1S/C21H28N2O5S/c1-15(2)16(3)22-21(24)14-23(29(25,26)18-9-7-6-8-10-18)19-13-17(27-4)11-12-20(19)28-5/h6-13,15-16H,14H2,1-5H3,(H,22,24). The van der Waals surface area contributed by atoms with E-state index in [4.69, 9.17) is 9.47 Å². The number of nitrogens with zero attached hydrogens (tertiary/aromatic N) is 1. The predicted molar refractivity (Wildman–Crippen MR) is 113 cm³/mol. The van der Waals surface area contributed by atoms with E-state index in [2.05, 4.69) is 5.32 Å². The van der Waals surface area contributed by atoms with Crippen molar-refractivity contribution in [3.8, 4) is 11.5 Å². The van der Waals surface area contributed by atoms with Crippen LogP contribution in [0.2, 0.25) is 0 Å². The first-order valence-electron chi connectivity index (χ1n) is 9.30. The lowest BCUT2D eigenvalue weighted by Crippen LogP contribution is -2.45. The Morgan fingerprint density at radius 3 is 2.24 bits per heavy atom. The molecular weight excluding hydrogens is 392 g/mol. The van der Waals surface area contributed by atoms with E-state index >= 15 is 0 Å². The molecule has 1 unspecified atom stereocenters. The Morgan fingerprint density at radius 2 is 1.69 bits per heavy atom. The lowest BCUT2D eigenvalue weighted by molar-refractivity contribution is -0.120. The van der Waals surface area contributed by atoms with Crippen LogP contribution in [0.1, 0.15) is 20.8 Å². The largest absolute Gasteiger partial charge is 0.497 e. The first-order valence-corrected chi connectivity index (χ1v) is 10.7. The molecule has 1 atom stereocenters. The lowest BCUT2D eigenvalue weighted by atomic mass is 10.1. The van der Waals surface area contributed by atoms with E-state index in [0.29, 0.717) is 11.5 Å². The van der Waals surface area contributed by atoms with Crippen molar-refractivity contribution in [1.29, 1.82) is 0 Å². The zero-order valence-corrected chi connectivity index (χ0v) is 18.2. The topological polar surface area (TPSA) is 84.9 Å². The zero-order valence-electron chi connectivity index (χ0n) is 17.4. The summed E-state index contributed by atoms with van der Waals surface area (Å²) in [5.74, 6) is 0.570. The highest BCUT2D eigenvalue weighted by atomic mass is 32.2. The van der Waals surface area contributed by atoms with Crippen molar-refractivity contribution in [3.63, 3.8) is 0 Å². The minimum absolute atomic E-state index is 0.0783. The van der Waals surface area contributed by atoms with E-state index in [9.17, 15) is 13.2 Å². The Hall–Kier alpha value is -2.74. The van der Waals surface area contributed by atoms with Crippen molar-refractivity contribution < 1.29 is 22.7 Å². The number of hydrogen-bond donors (Lipinski definition) is 1. The number of benzene rings is 2. The lowest BCUT2D eigenvalue weighted by Gasteiger charge is -2.27. The van der Waals surface area contributed by atoms with Crippen LogP contribution in [0.5, 0.6) is 11.5 Å². The third-order valence-electron chi connectivity index (χ3n) is 4.66. The van der Waals surface area contributed by atoms with Gasteiger partial charge in [-0.1, -0.05) is 32.0 Å². The van der Waals surface area contributed by atoms with Gasteiger partial charge < -0.3 is 14.8 Å². The molecule has 7 nitrogen and oxygen atoms in total. The zero-order chi connectivity index (χ0) is 21.6. The summed E-state index contributed by atoms with van der Waals surface area (Å²) in [6, 6.07) is 12.7. The van der Waals surface area contributed by atoms with Gasteiger partial charge in [-0.05, 0) is 37.1 Å². The Bertz CT molecular complexity index is 929. The van der Waals surface area contributed by atoms with Crippen LogP contribution >= 0.6 is 0 Å². The molecule has 0 aliphatic carbocycles. The normalized spacial score (nSPS) is 12.3. The van der Waals surface area contributed by atoms with E-state index < -0.39 is 22.5 Å². The van der Waals surface area contributed by atoms with Crippen molar-refractivity contribution in [1.82, 2.24) is 5.32 Å². The molecule has 8 heteroatoms.